The van der Waals surface area contributed by atoms with Gasteiger partial charge in [0.1, 0.15) is 0 Å². The Labute approximate surface area is 106 Å². The number of rotatable bonds is 4. The molecule has 102 valence electrons. The van der Waals surface area contributed by atoms with E-state index in [0.717, 1.165) is 0 Å². The molecule has 0 atom stereocenters. The number of nitrogens with one attached hydrogen (secondary N) is 1. The van der Waals surface area contributed by atoms with Crippen LogP contribution in [0.15, 0.2) is 0 Å². The van der Waals surface area contributed by atoms with Gasteiger partial charge >= 0.3 is 12.0 Å². The highest BCUT2D eigenvalue weighted by Gasteiger charge is 2.21. The number of amides is 3. The van der Waals surface area contributed by atoms with Crippen molar-refractivity contribution in [1.82, 2.24) is 15.1 Å². The number of carbonyl (C=O) groups excluding carboxylic acids is 2. The number of aliphatic carboxylic acids is 1. The Morgan fingerprint density at radius 2 is 2.17 bits per heavy atom. The molecular formula is C11H19N3O4. The van der Waals surface area contributed by atoms with Crippen LogP contribution in [0.5, 0.6) is 0 Å². The minimum Gasteiger partial charge on any atom is -0.481 e. The lowest BCUT2D eigenvalue weighted by Crippen LogP contribution is -2.43. The molecule has 18 heavy (non-hydrogen) atoms. The molecule has 1 fully saturated rings. The van der Waals surface area contributed by atoms with Crippen molar-refractivity contribution in [1.29, 1.82) is 0 Å². The van der Waals surface area contributed by atoms with Crippen LogP contribution in [0.25, 0.3) is 0 Å². The van der Waals surface area contributed by atoms with Crippen molar-refractivity contribution in [2.45, 2.75) is 19.3 Å². The van der Waals surface area contributed by atoms with E-state index in [0.29, 0.717) is 39.0 Å². The molecule has 7 heteroatoms. The molecule has 0 aliphatic carbocycles. The zero-order valence-electron chi connectivity index (χ0n) is 10.5. The average molecular weight is 257 g/mol. The van der Waals surface area contributed by atoms with Gasteiger partial charge in [0.25, 0.3) is 0 Å². The third-order valence-corrected chi connectivity index (χ3v) is 2.79. The number of hydrogen-bond acceptors (Lipinski definition) is 3. The summed E-state index contributed by atoms with van der Waals surface area (Å²) in [5.74, 6) is -0.903. The van der Waals surface area contributed by atoms with Gasteiger partial charge in [0, 0.05) is 46.1 Å². The minimum atomic E-state index is -0.861. The smallest absolute Gasteiger partial charge is 0.319 e. The lowest BCUT2D eigenvalue weighted by Gasteiger charge is -2.26. The number of hydrogen-bond donors (Lipinski definition) is 2. The Balaban J connectivity index is 2.37. The van der Waals surface area contributed by atoms with Crippen LogP contribution in [0, 0.1) is 0 Å². The number of carbonyl (C=O) groups is 3. The third-order valence-electron chi connectivity index (χ3n) is 2.79. The topological polar surface area (TPSA) is 90.0 Å². The SMILES string of the molecule is CN(CCCC(=O)O)C(=O)N1CCNC(=O)CC1. The van der Waals surface area contributed by atoms with Gasteiger partial charge < -0.3 is 20.2 Å². The van der Waals surface area contributed by atoms with Gasteiger partial charge in [0.05, 0.1) is 0 Å². The van der Waals surface area contributed by atoms with Crippen molar-refractivity contribution >= 4 is 17.9 Å². The predicted molar refractivity (Wildman–Crippen MR) is 64.1 cm³/mol. The van der Waals surface area contributed by atoms with Gasteiger partial charge in [-0.3, -0.25) is 9.59 Å². The molecule has 3 amide bonds. The van der Waals surface area contributed by atoms with E-state index in [1.807, 2.05) is 0 Å². The van der Waals surface area contributed by atoms with Crippen molar-refractivity contribution in [3.8, 4) is 0 Å². The highest BCUT2D eigenvalue weighted by atomic mass is 16.4. The third kappa shape index (κ3) is 4.60. The Hall–Kier alpha value is -1.79. The molecule has 1 rings (SSSR count). The summed E-state index contributed by atoms with van der Waals surface area (Å²) in [5.41, 5.74) is 0. The normalized spacial score (nSPS) is 15.8. The Bertz CT molecular complexity index is 332. The maximum Gasteiger partial charge on any atom is 0.319 e. The quantitative estimate of drug-likeness (QED) is 0.725. The largest absolute Gasteiger partial charge is 0.481 e. The van der Waals surface area contributed by atoms with Crippen molar-refractivity contribution in [3.63, 3.8) is 0 Å². The maximum atomic E-state index is 12.0. The van der Waals surface area contributed by atoms with E-state index in [2.05, 4.69) is 5.32 Å². The first-order valence-corrected chi connectivity index (χ1v) is 5.99. The second kappa shape index (κ2) is 6.83. The van der Waals surface area contributed by atoms with E-state index < -0.39 is 5.97 Å². The van der Waals surface area contributed by atoms with E-state index in [4.69, 9.17) is 5.11 Å². The minimum absolute atomic E-state index is 0.0427. The molecule has 0 radical (unpaired) electrons. The van der Waals surface area contributed by atoms with Gasteiger partial charge in [0.2, 0.25) is 5.91 Å². The summed E-state index contributed by atoms with van der Waals surface area (Å²) >= 11 is 0. The zero-order chi connectivity index (χ0) is 13.5. The first-order valence-electron chi connectivity index (χ1n) is 5.99. The van der Waals surface area contributed by atoms with Crippen LogP contribution >= 0.6 is 0 Å². The average Bonchev–Trinajstić information content (AvgIpc) is 2.52. The number of carboxylic acids is 1. The zero-order valence-corrected chi connectivity index (χ0v) is 10.5. The van der Waals surface area contributed by atoms with E-state index in [1.165, 1.54) is 4.90 Å². The van der Waals surface area contributed by atoms with Gasteiger partial charge in [-0.05, 0) is 6.42 Å². The van der Waals surface area contributed by atoms with Crippen LogP contribution in [0.3, 0.4) is 0 Å². The molecule has 0 bridgehead atoms. The summed E-state index contributed by atoms with van der Waals surface area (Å²) < 4.78 is 0. The Kier molecular flexibility index (Phi) is 5.41. The highest BCUT2D eigenvalue weighted by Crippen LogP contribution is 2.03. The molecule has 7 nitrogen and oxygen atoms in total. The maximum absolute atomic E-state index is 12.0. The molecule has 0 unspecified atom stereocenters. The van der Waals surface area contributed by atoms with E-state index in [-0.39, 0.29) is 18.4 Å². The summed E-state index contributed by atoms with van der Waals surface area (Å²) in [4.78, 5) is 36.6. The van der Waals surface area contributed by atoms with Crippen LogP contribution < -0.4 is 5.32 Å². The summed E-state index contributed by atoms with van der Waals surface area (Å²) in [7, 11) is 1.64. The lowest BCUT2D eigenvalue weighted by atomic mass is 10.3. The molecule has 0 aromatic rings. The molecule has 2 N–H and O–H groups in total. The molecule has 1 saturated heterocycles. The molecule has 1 heterocycles. The van der Waals surface area contributed by atoms with Crippen LogP contribution in [0.1, 0.15) is 19.3 Å². The molecule has 0 spiro atoms. The van der Waals surface area contributed by atoms with Crippen molar-refractivity contribution < 1.29 is 19.5 Å². The first-order chi connectivity index (χ1) is 8.50. The van der Waals surface area contributed by atoms with Gasteiger partial charge in [-0.2, -0.15) is 0 Å². The standard InChI is InChI=1S/C11H19N3O4/c1-13(6-2-3-10(16)17)11(18)14-7-4-9(15)12-5-8-14/h2-8H2,1H3,(H,12,15)(H,16,17). The molecular weight excluding hydrogens is 238 g/mol. The highest BCUT2D eigenvalue weighted by molar-refractivity contribution is 5.79. The Morgan fingerprint density at radius 1 is 1.44 bits per heavy atom. The fourth-order valence-corrected chi connectivity index (χ4v) is 1.76. The second-order valence-electron chi connectivity index (χ2n) is 4.29. The fourth-order valence-electron chi connectivity index (χ4n) is 1.76. The van der Waals surface area contributed by atoms with Gasteiger partial charge in [-0.1, -0.05) is 0 Å². The molecule has 1 aliphatic rings. The van der Waals surface area contributed by atoms with Crippen molar-refractivity contribution in [2.75, 3.05) is 33.2 Å². The Morgan fingerprint density at radius 3 is 2.83 bits per heavy atom. The van der Waals surface area contributed by atoms with Gasteiger partial charge in [-0.25, -0.2) is 4.79 Å². The van der Waals surface area contributed by atoms with Crippen molar-refractivity contribution in [3.05, 3.63) is 0 Å². The fraction of sp³-hybridized carbons (Fsp3) is 0.727. The van der Waals surface area contributed by atoms with Crippen molar-refractivity contribution in [2.24, 2.45) is 0 Å². The molecule has 0 aromatic heterocycles. The summed E-state index contributed by atoms with van der Waals surface area (Å²) in [6, 6.07) is -0.156. The summed E-state index contributed by atoms with van der Waals surface area (Å²) in [5, 5.41) is 11.2. The number of carboxylic acid groups (broad SMARTS) is 1. The summed E-state index contributed by atoms with van der Waals surface area (Å²) in [6.07, 6.45) is 0.801. The van der Waals surface area contributed by atoms with Gasteiger partial charge in [0.15, 0.2) is 0 Å². The number of urea groups is 1. The monoisotopic (exact) mass is 257 g/mol. The van der Waals surface area contributed by atoms with Crippen LogP contribution in [0.2, 0.25) is 0 Å². The van der Waals surface area contributed by atoms with E-state index in [1.54, 1.807) is 11.9 Å². The van der Waals surface area contributed by atoms with Crippen LogP contribution in [-0.4, -0.2) is 66.0 Å². The molecule has 1 aliphatic heterocycles. The predicted octanol–water partition coefficient (Wildman–Crippen LogP) is -0.275. The second-order valence-corrected chi connectivity index (χ2v) is 4.29. The molecule has 0 saturated carbocycles. The van der Waals surface area contributed by atoms with Crippen LogP contribution in [0.4, 0.5) is 4.79 Å². The van der Waals surface area contributed by atoms with E-state index in [9.17, 15) is 14.4 Å². The van der Waals surface area contributed by atoms with E-state index >= 15 is 0 Å². The first kappa shape index (κ1) is 14.3. The molecule has 0 aromatic carbocycles. The lowest BCUT2D eigenvalue weighted by molar-refractivity contribution is -0.137. The number of nitrogens with zero attached hydrogens (tertiary/aromatic N) is 2. The summed E-state index contributed by atoms with van der Waals surface area (Å²) in [6.45, 7) is 1.78. The van der Waals surface area contributed by atoms with Crippen LogP contribution in [-0.2, 0) is 9.59 Å². The van der Waals surface area contributed by atoms with Gasteiger partial charge in [-0.15, -0.1) is 0 Å².